The molecule has 1 N–H and O–H groups in total. The third-order valence-corrected chi connectivity index (χ3v) is 2.78. The third-order valence-electron chi connectivity index (χ3n) is 2.78. The minimum Gasteiger partial charge on any atom is -0.277 e. The van der Waals surface area contributed by atoms with Crippen molar-refractivity contribution in [3.05, 3.63) is 29.6 Å². The van der Waals surface area contributed by atoms with Crippen LogP contribution in [0.5, 0.6) is 0 Å². The van der Waals surface area contributed by atoms with E-state index in [0.29, 0.717) is 5.69 Å². The van der Waals surface area contributed by atoms with Gasteiger partial charge in [-0.15, -0.1) is 0 Å². The van der Waals surface area contributed by atoms with Crippen LogP contribution in [0.2, 0.25) is 0 Å². The fourth-order valence-corrected chi connectivity index (χ4v) is 1.82. The highest BCUT2D eigenvalue weighted by Crippen LogP contribution is 2.12. The van der Waals surface area contributed by atoms with E-state index in [1.165, 1.54) is 0 Å². The maximum atomic E-state index is 11.6. The van der Waals surface area contributed by atoms with Crippen molar-refractivity contribution in [3.8, 4) is 0 Å². The highest BCUT2D eigenvalue weighted by molar-refractivity contribution is 6.13. The second-order valence-corrected chi connectivity index (χ2v) is 3.97. The smallest absolute Gasteiger partial charge is 0.277 e. The summed E-state index contributed by atoms with van der Waals surface area (Å²) in [5.41, 5.74) is 1.66. The Morgan fingerprint density at radius 2 is 2.17 bits per heavy atom. The molecule has 0 saturated carbocycles. The maximum absolute atomic E-state index is 11.6. The molecule has 2 rings (SSSR count). The van der Waals surface area contributed by atoms with Gasteiger partial charge in [-0.25, -0.2) is 4.79 Å². The number of rotatable bonds is 3. The molecular formula is C12H13N3O3. The number of aromatic nitrogens is 1. The maximum Gasteiger partial charge on any atom is 0.331 e. The molecule has 6 nitrogen and oxygen atoms in total. The van der Waals surface area contributed by atoms with Gasteiger partial charge in [0.05, 0.1) is 12.2 Å². The standard InChI is InChI=1S/C12H13N3O3/c1-2-8-4-3-5-13-9(8)7-15-11(17)6-10(16)14-12(15)18/h3-5H,2,6-7H2,1H3,(H,14,16,18). The van der Waals surface area contributed by atoms with E-state index in [9.17, 15) is 14.4 Å². The minimum absolute atomic E-state index is 0.0992. The lowest BCUT2D eigenvalue weighted by Gasteiger charge is -2.24. The molecule has 1 aliphatic rings. The van der Waals surface area contributed by atoms with E-state index in [-0.39, 0.29) is 13.0 Å². The summed E-state index contributed by atoms with van der Waals surface area (Å²) in [6, 6.07) is 3.04. The van der Waals surface area contributed by atoms with Crippen molar-refractivity contribution >= 4 is 17.8 Å². The molecule has 0 unspecified atom stereocenters. The Labute approximate surface area is 104 Å². The highest BCUT2D eigenvalue weighted by atomic mass is 16.2. The molecule has 1 aromatic heterocycles. The zero-order chi connectivity index (χ0) is 13.1. The molecule has 6 heteroatoms. The fraction of sp³-hybridized carbons (Fsp3) is 0.333. The number of nitrogens with one attached hydrogen (secondary N) is 1. The number of hydrogen-bond acceptors (Lipinski definition) is 4. The molecule has 2 heterocycles. The molecule has 0 radical (unpaired) electrons. The van der Waals surface area contributed by atoms with E-state index in [1.54, 1.807) is 6.20 Å². The number of pyridine rings is 1. The van der Waals surface area contributed by atoms with Crippen molar-refractivity contribution in [3.63, 3.8) is 0 Å². The molecule has 0 aromatic carbocycles. The number of imide groups is 2. The predicted molar refractivity (Wildman–Crippen MR) is 62.3 cm³/mol. The Kier molecular flexibility index (Phi) is 3.36. The monoisotopic (exact) mass is 247 g/mol. The van der Waals surface area contributed by atoms with Crippen LogP contribution in [0.25, 0.3) is 0 Å². The molecule has 0 atom stereocenters. The van der Waals surface area contributed by atoms with Gasteiger partial charge in [-0.05, 0) is 18.1 Å². The quantitative estimate of drug-likeness (QED) is 0.794. The van der Waals surface area contributed by atoms with Gasteiger partial charge in [0.25, 0.3) is 0 Å². The van der Waals surface area contributed by atoms with Crippen molar-refractivity contribution in [2.45, 2.75) is 26.3 Å². The topological polar surface area (TPSA) is 79.4 Å². The number of nitrogens with zero attached hydrogens (tertiary/aromatic N) is 2. The largest absolute Gasteiger partial charge is 0.331 e. The van der Waals surface area contributed by atoms with Crippen LogP contribution in [0.3, 0.4) is 0 Å². The van der Waals surface area contributed by atoms with Crippen molar-refractivity contribution in [1.29, 1.82) is 0 Å². The molecule has 1 fully saturated rings. The van der Waals surface area contributed by atoms with Crippen LogP contribution in [0.1, 0.15) is 24.6 Å². The van der Waals surface area contributed by atoms with E-state index in [0.717, 1.165) is 16.9 Å². The number of aryl methyl sites for hydroxylation is 1. The van der Waals surface area contributed by atoms with Gasteiger partial charge in [-0.3, -0.25) is 24.8 Å². The minimum atomic E-state index is -0.677. The summed E-state index contributed by atoms with van der Waals surface area (Å²) in [7, 11) is 0. The van der Waals surface area contributed by atoms with Crippen molar-refractivity contribution in [2.24, 2.45) is 0 Å². The summed E-state index contributed by atoms with van der Waals surface area (Å²) in [5, 5.41) is 2.12. The van der Waals surface area contributed by atoms with Crippen LogP contribution in [0, 0.1) is 0 Å². The van der Waals surface area contributed by atoms with E-state index in [2.05, 4.69) is 10.3 Å². The third kappa shape index (κ3) is 2.37. The van der Waals surface area contributed by atoms with Crippen LogP contribution in [-0.4, -0.2) is 27.7 Å². The van der Waals surface area contributed by atoms with Gasteiger partial charge < -0.3 is 0 Å². The average Bonchev–Trinajstić information content (AvgIpc) is 2.34. The molecule has 18 heavy (non-hydrogen) atoms. The fourth-order valence-electron chi connectivity index (χ4n) is 1.82. The number of carbonyl (C=O) groups is 3. The van der Waals surface area contributed by atoms with Gasteiger partial charge in [0.1, 0.15) is 6.42 Å². The number of barbiturate groups is 1. The first-order valence-corrected chi connectivity index (χ1v) is 5.68. The number of urea groups is 1. The first-order chi connectivity index (χ1) is 8.61. The molecular weight excluding hydrogens is 234 g/mol. The molecule has 0 aliphatic carbocycles. The lowest BCUT2D eigenvalue weighted by molar-refractivity contribution is -0.136. The zero-order valence-electron chi connectivity index (χ0n) is 9.97. The van der Waals surface area contributed by atoms with Gasteiger partial charge >= 0.3 is 6.03 Å². The Bertz CT molecular complexity index is 493. The molecule has 94 valence electrons. The van der Waals surface area contributed by atoms with E-state index in [4.69, 9.17) is 0 Å². The predicted octanol–water partition coefficient (Wildman–Crippen LogP) is 0.612. The average molecular weight is 247 g/mol. The van der Waals surface area contributed by atoms with Gasteiger partial charge in [0.15, 0.2) is 0 Å². The summed E-state index contributed by atoms with van der Waals surface area (Å²) in [6.07, 6.45) is 2.09. The van der Waals surface area contributed by atoms with Crippen molar-refractivity contribution < 1.29 is 14.4 Å². The van der Waals surface area contributed by atoms with E-state index < -0.39 is 17.8 Å². The number of amides is 4. The summed E-state index contributed by atoms with van der Waals surface area (Å²) >= 11 is 0. The second-order valence-electron chi connectivity index (χ2n) is 3.97. The summed E-state index contributed by atoms with van der Waals surface area (Å²) in [6.45, 7) is 2.07. The molecule has 0 bridgehead atoms. The number of hydrogen-bond donors (Lipinski definition) is 1. The summed E-state index contributed by atoms with van der Waals surface area (Å²) in [5.74, 6) is -1.05. The first kappa shape index (κ1) is 12.2. The number of carbonyl (C=O) groups excluding carboxylic acids is 3. The Balaban J connectivity index is 2.20. The molecule has 0 spiro atoms. The second kappa shape index (κ2) is 4.95. The Hall–Kier alpha value is -2.24. The van der Waals surface area contributed by atoms with Gasteiger partial charge in [0.2, 0.25) is 11.8 Å². The molecule has 4 amide bonds. The van der Waals surface area contributed by atoms with Crippen LogP contribution < -0.4 is 5.32 Å². The summed E-state index contributed by atoms with van der Waals surface area (Å²) < 4.78 is 0. The van der Waals surface area contributed by atoms with Gasteiger partial charge in [-0.1, -0.05) is 13.0 Å². The van der Waals surface area contributed by atoms with Crippen LogP contribution >= 0.6 is 0 Å². The van der Waals surface area contributed by atoms with E-state index in [1.807, 2.05) is 19.1 Å². The lowest BCUT2D eigenvalue weighted by atomic mass is 10.1. The molecule has 1 aromatic rings. The Morgan fingerprint density at radius 1 is 1.39 bits per heavy atom. The van der Waals surface area contributed by atoms with E-state index >= 15 is 0 Å². The normalized spacial score (nSPS) is 15.8. The molecule has 1 aliphatic heterocycles. The van der Waals surface area contributed by atoms with Gasteiger partial charge in [0, 0.05) is 6.20 Å². The van der Waals surface area contributed by atoms with Crippen molar-refractivity contribution in [2.75, 3.05) is 0 Å². The first-order valence-electron chi connectivity index (χ1n) is 5.68. The highest BCUT2D eigenvalue weighted by Gasteiger charge is 2.31. The zero-order valence-corrected chi connectivity index (χ0v) is 9.97. The van der Waals surface area contributed by atoms with Crippen LogP contribution in [0.15, 0.2) is 18.3 Å². The Morgan fingerprint density at radius 3 is 2.83 bits per heavy atom. The lowest BCUT2D eigenvalue weighted by Crippen LogP contribution is -2.52. The van der Waals surface area contributed by atoms with Crippen LogP contribution in [-0.2, 0) is 22.6 Å². The molecule has 1 saturated heterocycles. The van der Waals surface area contributed by atoms with Crippen LogP contribution in [0.4, 0.5) is 4.79 Å². The SMILES string of the molecule is CCc1cccnc1CN1C(=O)CC(=O)NC1=O. The van der Waals surface area contributed by atoms with Gasteiger partial charge in [-0.2, -0.15) is 0 Å². The van der Waals surface area contributed by atoms with Crippen molar-refractivity contribution in [1.82, 2.24) is 15.2 Å². The summed E-state index contributed by atoms with van der Waals surface area (Å²) in [4.78, 5) is 39.4.